The summed E-state index contributed by atoms with van der Waals surface area (Å²) in [5.74, 6) is -2.33. The number of methoxy groups -OCH3 is 1. The molecule has 1 aliphatic heterocycles. The first-order valence-corrected chi connectivity index (χ1v) is 11.5. The van der Waals surface area contributed by atoms with Crippen LogP contribution < -0.4 is 16.4 Å². The molecule has 1 saturated heterocycles. The Morgan fingerprint density at radius 3 is 2.44 bits per heavy atom. The number of rotatable bonds is 8. The van der Waals surface area contributed by atoms with Crippen LogP contribution in [-0.4, -0.2) is 64.4 Å². The van der Waals surface area contributed by atoms with Gasteiger partial charge in [-0.3, -0.25) is 9.79 Å². The molecule has 0 unspecified atom stereocenters. The number of β-lactam (4-membered cyclic amide) rings is 1. The Bertz CT molecular complexity index is 1170. The van der Waals surface area contributed by atoms with E-state index < -0.39 is 33.9 Å². The molecule has 1 amide bonds. The maximum absolute atomic E-state index is 13.5. The number of esters is 1. The fraction of sp³-hybridized carbons (Fsp3) is 0.381. The lowest BCUT2D eigenvalue weighted by Gasteiger charge is -2.44. The van der Waals surface area contributed by atoms with Crippen LogP contribution in [-0.2, 0) is 24.3 Å². The predicted molar refractivity (Wildman–Crippen MR) is 122 cm³/mol. The van der Waals surface area contributed by atoms with Crippen LogP contribution in [0.4, 0.5) is 5.69 Å². The summed E-state index contributed by atoms with van der Waals surface area (Å²) in [6.07, 6.45) is 0.665. The molecule has 0 aromatic heterocycles. The van der Waals surface area contributed by atoms with E-state index in [0.29, 0.717) is 16.1 Å². The van der Waals surface area contributed by atoms with Gasteiger partial charge in [-0.25, -0.2) is 17.5 Å². The zero-order valence-corrected chi connectivity index (χ0v) is 19.0. The van der Waals surface area contributed by atoms with E-state index in [2.05, 4.69) is 4.99 Å². The number of sulfonamides is 1. The lowest BCUT2D eigenvalue weighted by Crippen LogP contribution is -2.66. The Morgan fingerprint density at radius 1 is 1.16 bits per heavy atom. The fourth-order valence-electron chi connectivity index (χ4n) is 3.95. The van der Waals surface area contributed by atoms with Crippen LogP contribution in [0.5, 0.6) is 0 Å². The number of hydrogen-bond donors (Lipinski definition) is 2. The van der Waals surface area contributed by atoms with E-state index in [-0.39, 0.29) is 23.8 Å². The minimum Gasteiger partial charge on any atom is -0.467 e. The number of carbonyl (C=O) groups excluding carboxylic acids is 2. The average Bonchev–Trinajstić information content (AvgIpc) is 2.75. The van der Waals surface area contributed by atoms with Crippen molar-refractivity contribution >= 4 is 44.3 Å². The Kier molecular flexibility index (Phi) is 6.58. The Labute approximate surface area is 186 Å². The lowest BCUT2D eigenvalue weighted by molar-refractivity contribution is -0.165. The second-order valence-corrected chi connectivity index (χ2v) is 9.47. The van der Waals surface area contributed by atoms with Crippen molar-refractivity contribution in [3.63, 3.8) is 0 Å². The first kappa shape index (κ1) is 23.3. The van der Waals surface area contributed by atoms with Gasteiger partial charge in [-0.05, 0) is 25.0 Å². The molecule has 172 valence electrons. The number of ether oxygens (including phenoxy) is 1. The highest BCUT2D eigenvalue weighted by molar-refractivity contribution is 7.90. The van der Waals surface area contributed by atoms with E-state index in [1.54, 1.807) is 18.2 Å². The smallest absolute Gasteiger partial charge is 0.330 e. The van der Waals surface area contributed by atoms with Crippen LogP contribution >= 0.6 is 0 Å². The largest absolute Gasteiger partial charge is 0.467 e. The molecule has 1 fully saturated rings. The first-order chi connectivity index (χ1) is 15.1. The maximum Gasteiger partial charge on any atom is 0.330 e. The van der Waals surface area contributed by atoms with Crippen LogP contribution in [0.25, 0.3) is 10.8 Å². The number of benzene rings is 2. The summed E-state index contributed by atoms with van der Waals surface area (Å²) < 4.78 is 32.5. The zero-order valence-electron chi connectivity index (χ0n) is 18.2. The highest BCUT2D eigenvalue weighted by Gasteiger charge is 2.57. The maximum atomic E-state index is 13.5. The summed E-state index contributed by atoms with van der Waals surface area (Å²) in [5.41, 5.74) is 11.4. The van der Waals surface area contributed by atoms with Crippen LogP contribution in [0.3, 0.4) is 0 Å². The van der Waals surface area contributed by atoms with Gasteiger partial charge in [0, 0.05) is 37.1 Å². The molecule has 0 spiro atoms. The monoisotopic (exact) mass is 461 g/mol. The molecule has 0 saturated carbocycles. The van der Waals surface area contributed by atoms with Gasteiger partial charge in [0.05, 0.1) is 17.9 Å². The lowest BCUT2D eigenvalue weighted by atomic mass is 9.86. The zero-order chi connectivity index (χ0) is 23.6. The summed E-state index contributed by atoms with van der Waals surface area (Å²) in [4.78, 5) is 31.0. The van der Waals surface area contributed by atoms with Gasteiger partial charge in [-0.2, -0.15) is 0 Å². The fourth-order valence-corrected chi connectivity index (χ4v) is 5.77. The SMILES string of the molecule is COC(=O)[C@@H]1[C@@H](CCCN=C(N)N)C(=O)N1S(=O)(=O)c1cccc2c(N(C)C)cccc12. The van der Waals surface area contributed by atoms with Gasteiger partial charge in [0.2, 0.25) is 5.91 Å². The third-order valence-electron chi connectivity index (χ3n) is 5.46. The molecule has 11 heteroatoms. The number of aliphatic imine (C=N–C) groups is 1. The second-order valence-electron chi connectivity index (χ2n) is 7.69. The van der Waals surface area contributed by atoms with Gasteiger partial charge in [0.25, 0.3) is 10.0 Å². The molecule has 4 N–H and O–H groups in total. The molecule has 10 nitrogen and oxygen atoms in total. The Balaban J connectivity index is 1.99. The number of nitrogens with two attached hydrogens (primary N) is 2. The molecule has 0 bridgehead atoms. The number of carbonyl (C=O) groups is 2. The third-order valence-corrected chi connectivity index (χ3v) is 7.29. The average molecular weight is 462 g/mol. The van der Waals surface area contributed by atoms with Gasteiger partial charge in [0.1, 0.15) is 0 Å². The highest BCUT2D eigenvalue weighted by atomic mass is 32.2. The highest BCUT2D eigenvalue weighted by Crippen LogP contribution is 2.39. The van der Waals surface area contributed by atoms with E-state index in [1.165, 1.54) is 6.07 Å². The molecule has 32 heavy (non-hydrogen) atoms. The molecule has 0 radical (unpaired) electrons. The summed E-state index contributed by atoms with van der Waals surface area (Å²) in [6, 6.07) is 8.93. The van der Waals surface area contributed by atoms with E-state index in [1.807, 2.05) is 31.1 Å². The Hall–Kier alpha value is -3.34. The van der Waals surface area contributed by atoms with Crippen molar-refractivity contribution < 1.29 is 22.7 Å². The van der Waals surface area contributed by atoms with Gasteiger partial charge in [-0.1, -0.05) is 24.3 Å². The minimum atomic E-state index is -4.30. The normalized spacial score (nSPS) is 18.2. The molecule has 1 heterocycles. The number of anilines is 1. The summed E-state index contributed by atoms with van der Waals surface area (Å²) in [5, 5.41) is 1.18. The topological polar surface area (TPSA) is 148 Å². The number of fused-ring (bicyclic) bond motifs is 1. The van der Waals surface area contributed by atoms with E-state index in [4.69, 9.17) is 16.2 Å². The standard InChI is InChI=1S/C21H27N5O5S/c1-25(2)16-10-4-8-14-13(16)7-5-11-17(14)32(29,30)26-18(20(28)31-3)15(19(26)27)9-6-12-24-21(22)23/h4-5,7-8,10-11,15,18H,6,9,12H2,1-3H3,(H4,22,23,24)/t15-,18+/m1/s1. The number of hydrogen-bond acceptors (Lipinski definition) is 7. The second kappa shape index (κ2) is 9.03. The van der Waals surface area contributed by atoms with E-state index >= 15 is 0 Å². The molecule has 2 aromatic rings. The number of nitrogens with zero attached hydrogens (tertiary/aromatic N) is 3. The molecule has 2 aromatic carbocycles. The molecule has 1 aliphatic rings. The van der Waals surface area contributed by atoms with Crippen LogP contribution in [0, 0.1) is 5.92 Å². The van der Waals surface area contributed by atoms with Crippen LogP contribution in [0.1, 0.15) is 12.8 Å². The summed E-state index contributed by atoms with van der Waals surface area (Å²) >= 11 is 0. The van der Waals surface area contributed by atoms with E-state index in [0.717, 1.165) is 18.2 Å². The van der Waals surface area contributed by atoms with Gasteiger partial charge < -0.3 is 21.1 Å². The minimum absolute atomic E-state index is 0.0418. The predicted octanol–water partition coefficient (Wildman–Crippen LogP) is 0.648. The Morgan fingerprint density at radius 2 is 1.81 bits per heavy atom. The van der Waals surface area contributed by atoms with E-state index in [9.17, 15) is 18.0 Å². The molecule has 0 aliphatic carbocycles. The van der Waals surface area contributed by atoms with Gasteiger partial charge >= 0.3 is 5.97 Å². The number of guanidine groups is 1. The van der Waals surface area contributed by atoms with Gasteiger partial charge in [0.15, 0.2) is 12.0 Å². The summed E-state index contributed by atoms with van der Waals surface area (Å²) in [6.45, 7) is 0.267. The van der Waals surface area contributed by atoms with Crippen molar-refractivity contribution in [3.05, 3.63) is 36.4 Å². The first-order valence-electron chi connectivity index (χ1n) is 10.0. The third kappa shape index (κ3) is 4.07. The number of amides is 1. The van der Waals surface area contributed by atoms with Crippen molar-refractivity contribution in [1.29, 1.82) is 0 Å². The van der Waals surface area contributed by atoms with Gasteiger partial charge in [-0.15, -0.1) is 0 Å². The molecule has 2 atom stereocenters. The van der Waals surface area contributed by atoms with Crippen LogP contribution in [0.15, 0.2) is 46.3 Å². The molecular weight excluding hydrogens is 434 g/mol. The van der Waals surface area contributed by atoms with Crippen molar-refractivity contribution in [1.82, 2.24) is 4.31 Å². The molecular formula is C21H27N5O5S. The molecule has 3 rings (SSSR count). The van der Waals surface area contributed by atoms with Crippen molar-refractivity contribution in [2.45, 2.75) is 23.8 Å². The van der Waals surface area contributed by atoms with Crippen molar-refractivity contribution in [3.8, 4) is 0 Å². The van der Waals surface area contributed by atoms with Crippen LogP contribution in [0.2, 0.25) is 0 Å². The van der Waals surface area contributed by atoms with Crippen molar-refractivity contribution in [2.24, 2.45) is 22.4 Å². The quantitative estimate of drug-likeness (QED) is 0.191. The van der Waals surface area contributed by atoms with Crippen molar-refractivity contribution in [2.75, 3.05) is 32.6 Å². The summed E-state index contributed by atoms with van der Waals surface area (Å²) in [7, 11) is 0.568.